The van der Waals surface area contributed by atoms with Crippen LogP contribution in [0, 0.1) is 0 Å². The number of anilines is 1. The van der Waals surface area contributed by atoms with E-state index in [0.717, 1.165) is 32.6 Å². The molecule has 1 atom stereocenters. The summed E-state index contributed by atoms with van der Waals surface area (Å²) in [5.74, 6) is 0.578. The van der Waals surface area contributed by atoms with Crippen LogP contribution in [0.2, 0.25) is 5.02 Å². The maximum absolute atomic E-state index is 12.6. The Labute approximate surface area is 131 Å². The number of likely N-dealkylation sites (N-methyl/N-ethyl adjacent to an activating group) is 1. The predicted octanol–water partition coefficient (Wildman–Crippen LogP) is 2.33. The number of halogens is 1. The van der Waals surface area contributed by atoms with E-state index in [0.29, 0.717) is 22.6 Å². The van der Waals surface area contributed by atoms with Gasteiger partial charge in [0.1, 0.15) is 11.5 Å². The van der Waals surface area contributed by atoms with Gasteiger partial charge in [-0.1, -0.05) is 25.4 Å². The fourth-order valence-electron chi connectivity index (χ4n) is 2.85. The van der Waals surface area contributed by atoms with Crippen LogP contribution in [0.15, 0.2) is 12.1 Å². The quantitative estimate of drug-likeness (QED) is 0.907. The van der Waals surface area contributed by atoms with Gasteiger partial charge in [0.2, 0.25) is 0 Å². The number of aromatic nitrogens is 1. The minimum atomic E-state index is -0.0771. The van der Waals surface area contributed by atoms with Gasteiger partial charge in [0.15, 0.2) is 0 Å². The molecule has 6 heteroatoms. The molecule has 1 unspecified atom stereocenters. The number of nitrogens with zero attached hydrogens (tertiary/aromatic N) is 3. The van der Waals surface area contributed by atoms with Gasteiger partial charge in [0.25, 0.3) is 5.91 Å². The molecule has 1 fully saturated rings. The van der Waals surface area contributed by atoms with E-state index < -0.39 is 0 Å². The van der Waals surface area contributed by atoms with E-state index in [1.807, 2.05) is 4.90 Å². The standard InChI is InChI=1S/C15H23ClN4O/c1-4-19(5-2)11-8-9-20(10-11)15(21)14-12(16)6-7-13(17-3)18-14/h6-7,11H,4-5,8-10H2,1-3H3,(H,17,18). The molecule has 0 bridgehead atoms. The van der Waals surface area contributed by atoms with Crippen LogP contribution in [0.3, 0.4) is 0 Å². The lowest BCUT2D eigenvalue weighted by Crippen LogP contribution is -2.38. The zero-order valence-corrected chi connectivity index (χ0v) is 13.7. The van der Waals surface area contributed by atoms with Crippen molar-refractivity contribution in [1.82, 2.24) is 14.8 Å². The Morgan fingerprint density at radius 1 is 1.48 bits per heavy atom. The minimum Gasteiger partial charge on any atom is -0.373 e. The van der Waals surface area contributed by atoms with Crippen molar-refractivity contribution in [3.8, 4) is 0 Å². The van der Waals surface area contributed by atoms with Gasteiger partial charge < -0.3 is 10.2 Å². The predicted molar refractivity (Wildman–Crippen MR) is 86.0 cm³/mol. The minimum absolute atomic E-state index is 0.0771. The molecule has 1 aliphatic rings. The monoisotopic (exact) mass is 310 g/mol. The van der Waals surface area contributed by atoms with Crippen molar-refractivity contribution in [3.05, 3.63) is 22.8 Å². The summed E-state index contributed by atoms with van der Waals surface area (Å²) in [7, 11) is 1.77. The largest absolute Gasteiger partial charge is 0.373 e. The first kappa shape index (κ1) is 16.0. The van der Waals surface area contributed by atoms with Gasteiger partial charge in [0.05, 0.1) is 5.02 Å². The summed E-state index contributed by atoms with van der Waals surface area (Å²) in [6, 6.07) is 3.92. The van der Waals surface area contributed by atoms with Crippen LogP contribution in [0.1, 0.15) is 30.8 Å². The molecule has 1 saturated heterocycles. The van der Waals surface area contributed by atoms with E-state index in [-0.39, 0.29) is 5.91 Å². The smallest absolute Gasteiger partial charge is 0.274 e. The lowest BCUT2D eigenvalue weighted by atomic mass is 10.2. The second-order valence-corrected chi connectivity index (χ2v) is 5.60. The summed E-state index contributed by atoms with van der Waals surface area (Å²) in [4.78, 5) is 21.2. The van der Waals surface area contributed by atoms with Crippen molar-refractivity contribution in [2.75, 3.05) is 38.5 Å². The number of pyridine rings is 1. The van der Waals surface area contributed by atoms with E-state index in [1.54, 1.807) is 19.2 Å². The molecule has 2 rings (SSSR count). The average Bonchev–Trinajstić information content (AvgIpc) is 2.98. The maximum Gasteiger partial charge on any atom is 0.274 e. The van der Waals surface area contributed by atoms with Gasteiger partial charge in [0, 0.05) is 26.2 Å². The van der Waals surface area contributed by atoms with Crippen molar-refractivity contribution in [2.24, 2.45) is 0 Å². The molecule has 5 nitrogen and oxygen atoms in total. The van der Waals surface area contributed by atoms with E-state index in [2.05, 4.69) is 29.0 Å². The SMILES string of the molecule is CCN(CC)C1CCN(C(=O)c2nc(NC)ccc2Cl)C1. The Morgan fingerprint density at radius 3 is 2.81 bits per heavy atom. The highest BCUT2D eigenvalue weighted by atomic mass is 35.5. The summed E-state index contributed by atoms with van der Waals surface area (Å²) in [5.41, 5.74) is 0.337. The van der Waals surface area contributed by atoms with E-state index in [4.69, 9.17) is 11.6 Å². The Bertz CT molecular complexity index is 504. The summed E-state index contributed by atoms with van der Waals surface area (Å²) in [6.07, 6.45) is 1.01. The van der Waals surface area contributed by atoms with Gasteiger partial charge in [-0.05, 0) is 31.6 Å². The van der Waals surface area contributed by atoms with Gasteiger partial charge >= 0.3 is 0 Å². The third kappa shape index (κ3) is 3.47. The number of carbonyl (C=O) groups is 1. The third-order valence-electron chi connectivity index (χ3n) is 4.08. The average molecular weight is 311 g/mol. The number of hydrogen-bond donors (Lipinski definition) is 1. The van der Waals surface area contributed by atoms with Gasteiger partial charge in [-0.3, -0.25) is 9.69 Å². The van der Waals surface area contributed by atoms with Crippen molar-refractivity contribution in [1.29, 1.82) is 0 Å². The zero-order valence-electron chi connectivity index (χ0n) is 12.9. The molecule has 2 heterocycles. The van der Waals surface area contributed by atoms with Crippen molar-refractivity contribution in [3.63, 3.8) is 0 Å². The first-order valence-corrected chi connectivity index (χ1v) is 7.86. The fraction of sp³-hybridized carbons (Fsp3) is 0.600. The molecule has 0 aliphatic carbocycles. The Balaban J connectivity index is 2.11. The lowest BCUT2D eigenvalue weighted by Gasteiger charge is -2.26. The van der Waals surface area contributed by atoms with Crippen LogP contribution in [0.5, 0.6) is 0 Å². The van der Waals surface area contributed by atoms with Crippen molar-refractivity contribution in [2.45, 2.75) is 26.3 Å². The molecule has 0 radical (unpaired) electrons. The van der Waals surface area contributed by atoms with Crippen LogP contribution in [0.25, 0.3) is 0 Å². The molecule has 1 N–H and O–H groups in total. The molecular formula is C15H23ClN4O. The molecule has 1 aromatic rings. The van der Waals surface area contributed by atoms with E-state index in [9.17, 15) is 4.79 Å². The summed E-state index contributed by atoms with van der Waals surface area (Å²) < 4.78 is 0. The zero-order chi connectivity index (χ0) is 15.4. The molecule has 1 amide bonds. The molecule has 0 spiro atoms. The molecule has 0 aromatic carbocycles. The molecular weight excluding hydrogens is 288 g/mol. The lowest BCUT2D eigenvalue weighted by molar-refractivity contribution is 0.0772. The number of hydrogen-bond acceptors (Lipinski definition) is 4. The normalized spacial score (nSPS) is 18.3. The van der Waals surface area contributed by atoms with Crippen LogP contribution >= 0.6 is 11.6 Å². The van der Waals surface area contributed by atoms with Crippen LogP contribution in [-0.4, -0.2) is 60.0 Å². The second kappa shape index (κ2) is 7.09. The molecule has 1 aromatic heterocycles. The third-order valence-corrected chi connectivity index (χ3v) is 4.39. The molecule has 116 valence electrons. The second-order valence-electron chi connectivity index (χ2n) is 5.19. The maximum atomic E-state index is 12.6. The number of amides is 1. The van der Waals surface area contributed by atoms with Gasteiger partial charge in [-0.15, -0.1) is 0 Å². The number of nitrogens with one attached hydrogen (secondary N) is 1. The van der Waals surface area contributed by atoms with Crippen LogP contribution in [-0.2, 0) is 0 Å². The molecule has 0 saturated carbocycles. The first-order chi connectivity index (χ1) is 10.1. The topological polar surface area (TPSA) is 48.5 Å². The van der Waals surface area contributed by atoms with Crippen molar-refractivity contribution >= 4 is 23.3 Å². The van der Waals surface area contributed by atoms with Gasteiger partial charge in [-0.2, -0.15) is 0 Å². The Kier molecular flexibility index (Phi) is 5.42. The van der Waals surface area contributed by atoms with Crippen LogP contribution < -0.4 is 5.32 Å². The Hall–Kier alpha value is -1.33. The van der Waals surface area contributed by atoms with Gasteiger partial charge in [-0.25, -0.2) is 4.98 Å². The van der Waals surface area contributed by atoms with Crippen LogP contribution in [0.4, 0.5) is 5.82 Å². The van der Waals surface area contributed by atoms with Crippen molar-refractivity contribution < 1.29 is 4.79 Å². The highest BCUT2D eigenvalue weighted by Gasteiger charge is 2.31. The van der Waals surface area contributed by atoms with E-state index >= 15 is 0 Å². The summed E-state index contributed by atoms with van der Waals surface area (Å²) in [5, 5.41) is 3.34. The highest BCUT2D eigenvalue weighted by Crippen LogP contribution is 2.22. The Morgan fingerprint density at radius 2 is 2.19 bits per heavy atom. The summed E-state index contributed by atoms with van der Waals surface area (Å²) >= 11 is 6.13. The number of rotatable bonds is 5. The molecule has 21 heavy (non-hydrogen) atoms. The molecule has 1 aliphatic heterocycles. The van der Waals surface area contributed by atoms with E-state index in [1.165, 1.54) is 0 Å². The number of carbonyl (C=O) groups excluding carboxylic acids is 1. The number of likely N-dealkylation sites (tertiary alicyclic amines) is 1. The first-order valence-electron chi connectivity index (χ1n) is 7.48. The fourth-order valence-corrected chi connectivity index (χ4v) is 3.03. The highest BCUT2D eigenvalue weighted by molar-refractivity contribution is 6.33. The summed E-state index contributed by atoms with van der Waals surface area (Å²) in [6.45, 7) is 7.85.